The van der Waals surface area contributed by atoms with Crippen LogP contribution in [-0.2, 0) is 6.54 Å². The highest BCUT2D eigenvalue weighted by molar-refractivity contribution is 14.0. The molecule has 9 heteroatoms. The van der Waals surface area contributed by atoms with Gasteiger partial charge in [0.1, 0.15) is 5.75 Å². The van der Waals surface area contributed by atoms with Gasteiger partial charge in [-0.05, 0) is 36.2 Å². The quantitative estimate of drug-likeness (QED) is 0.224. The first-order valence-electron chi connectivity index (χ1n) is 8.10. The molecule has 0 heterocycles. The number of nitrogens with zero attached hydrogens (tertiary/aromatic N) is 1. The van der Waals surface area contributed by atoms with Crippen molar-refractivity contribution in [1.82, 2.24) is 5.32 Å². The van der Waals surface area contributed by atoms with Gasteiger partial charge in [0, 0.05) is 18.8 Å². The molecule has 0 aromatic heterocycles. The summed E-state index contributed by atoms with van der Waals surface area (Å²) in [5.74, 6) is 0.0302. The molecule has 0 bridgehead atoms. The van der Waals surface area contributed by atoms with Crippen molar-refractivity contribution >= 4 is 35.6 Å². The van der Waals surface area contributed by atoms with Gasteiger partial charge in [0.2, 0.25) is 0 Å². The standard InChI is InChI=1S/C18H21F3N4O.HI/c19-18(20,21)26-16-9-7-14(8-10-16)13-25-17(22)24-12-4-11-23-15-5-2-1-3-6-15;/h1-3,5-10,23H,4,11-13H2,(H3,22,24,25);1H. The van der Waals surface area contributed by atoms with Crippen LogP contribution in [0.3, 0.4) is 0 Å². The zero-order valence-corrected chi connectivity index (χ0v) is 16.8. The van der Waals surface area contributed by atoms with Gasteiger partial charge < -0.3 is 21.1 Å². The van der Waals surface area contributed by atoms with Gasteiger partial charge >= 0.3 is 6.36 Å². The molecule has 0 aliphatic heterocycles. The summed E-state index contributed by atoms with van der Waals surface area (Å²) in [6.45, 7) is 1.73. The van der Waals surface area contributed by atoms with Gasteiger partial charge in [0.15, 0.2) is 5.96 Å². The van der Waals surface area contributed by atoms with Gasteiger partial charge in [0.25, 0.3) is 0 Å². The Morgan fingerprint density at radius 3 is 2.30 bits per heavy atom. The first kappa shape index (κ1) is 22.9. The number of alkyl halides is 3. The van der Waals surface area contributed by atoms with Crippen molar-refractivity contribution < 1.29 is 17.9 Å². The third kappa shape index (κ3) is 9.92. The summed E-state index contributed by atoms with van der Waals surface area (Å²) in [7, 11) is 0. The van der Waals surface area contributed by atoms with E-state index in [1.54, 1.807) is 0 Å². The van der Waals surface area contributed by atoms with Crippen LogP contribution in [0, 0.1) is 0 Å². The molecule has 0 fully saturated rings. The van der Waals surface area contributed by atoms with Crippen LogP contribution in [0.15, 0.2) is 59.6 Å². The summed E-state index contributed by atoms with van der Waals surface area (Å²) >= 11 is 0. The van der Waals surface area contributed by atoms with Gasteiger partial charge in [-0.2, -0.15) is 0 Å². The maximum atomic E-state index is 12.1. The largest absolute Gasteiger partial charge is 0.573 e. The highest BCUT2D eigenvalue weighted by atomic mass is 127. The number of benzene rings is 2. The molecule has 27 heavy (non-hydrogen) atoms. The van der Waals surface area contributed by atoms with Gasteiger partial charge in [-0.1, -0.05) is 30.3 Å². The third-order valence-electron chi connectivity index (χ3n) is 3.35. The van der Waals surface area contributed by atoms with Crippen molar-refractivity contribution in [3.8, 4) is 5.75 Å². The predicted octanol–water partition coefficient (Wildman–Crippen LogP) is 4.11. The van der Waals surface area contributed by atoms with E-state index in [1.165, 1.54) is 24.3 Å². The molecule has 0 saturated carbocycles. The van der Waals surface area contributed by atoms with Crippen molar-refractivity contribution in [1.29, 1.82) is 0 Å². The molecule has 0 aliphatic carbocycles. The third-order valence-corrected chi connectivity index (χ3v) is 3.35. The highest BCUT2D eigenvalue weighted by Gasteiger charge is 2.30. The van der Waals surface area contributed by atoms with E-state index in [0.717, 1.165) is 24.2 Å². The van der Waals surface area contributed by atoms with Crippen LogP contribution in [0.2, 0.25) is 0 Å². The molecule has 0 radical (unpaired) electrons. The minimum atomic E-state index is -4.69. The second-order valence-electron chi connectivity index (χ2n) is 5.47. The molecule has 5 nitrogen and oxygen atoms in total. The minimum Gasteiger partial charge on any atom is -0.406 e. The number of hydrogen-bond acceptors (Lipinski definition) is 3. The number of rotatable bonds is 8. The fourth-order valence-electron chi connectivity index (χ4n) is 2.12. The number of guanidine groups is 1. The molecule has 4 N–H and O–H groups in total. The number of nitrogens with one attached hydrogen (secondary N) is 2. The molecule has 0 spiro atoms. The summed E-state index contributed by atoms with van der Waals surface area (Å²) in [6, 6.07) is 15.4. The number of ether oxygens (including phenoxy) is 1. The average molecular weight is 494 g/mol. The van der Waals surface area contributed by atoms with Crippen molar-refractivity contribution in [2.24, 2.45) is 10.7 Å². The Bertz CT molecular complexity index is 694. The predicted molar refractivity (Wildman–Crippen MR) is 111 cm³/mol. The number of para-hydroxylation sites is 1. The van der Waals surface area contributed by atoms with E-state index in [-0.39, 0.29) is 36.3 Å². The number of anilines is 1. The highest BCUT2D eigenvalue weighted by Crippen LogP contribution is 2.22. The number of halogens is 4. The first-order chi connectivity index (χ1) is 12.4. The van der Waals surface area contributed by atoms with Crippen molar-refractivity contribution in [3.63, 3.8) is 0 Å². The summed E-state index contributed by atoms with van der Waals surface area (Å²) in [5, 5.41) is 6.28. The molecular weight excluding hydrogens is 472 g/mol. The van der Waals surface area contributed by atoms with Crippen molar-refractivity contribution in [3.05, 3.63) is 60.2 Å². The molecule has 148 valence electrons. The molecule has 2 aromatic rings. The van der Waals surface area contributed by atoms with Crippen molar-refractivity contribution in [2.45, 2.75) is 19.3 Å². The van der Waals surface area contributed by atoms with Gasteiger partial charge in [-0.3, -0.25) is 0 Å². The molecule has 0 atom stereocenters. The molecule has 0 aliphatic rings. The van der Waals surface area contributed by atoms with Crippen LogP contribution in [0.1, 0.15) is 12.0 Å². The van der Waals surface area contributed by atoms with E-state index in [0.29, 0.717) is 12.5 Å². The molecule has 2 aromatic carbocycles. The van der Waals surface area contributed by atoms with Crippen LogP contribution < -0.4 is 21.1 Å². The van der Waals surface area contributed by atoms with E-state index in [1.807, 2.05) is 30.3 Å². The number of aliphatic imine (C=N–C) groups is 1. The molecular formula is C18H22F3IN4O. The lowest BCUT2D eigenvalue weighted by atomic mass is 10.2. The second kappa shape index (κ2) is 11.5. The van der Waals surface area contributed by atoms with Crippen LogP contribution in [0.4, 0.5) is 18.9 Å². The topological polar surface area (TPSA) is 71.7 Å². The van der Waals surface area contributed by atoms with Crippen LogP contribution in [-0.4, -0.2) is 25.4 Å². The summed E-state index contributed by atoms with van der Waals surface area (Å²) in [6.07, 6.45) is -3.84. The fourth-order valence-corrected chi connectivity index (χ4v) is 2.12. The Morgan fingerprint density at radius 2 is 1.67 bits per heavy atom. The normalized spacial score (nSPS) is 11.4. The minimum absolute atomic E-state index is 0. The molecule has 2 rings (SSSR count). The Labute approximate surface area is 173 Å². The Hall–Kier alpha value is -2.17. The Morgan fingerprint density at radius 1 is 1.00 bits per heavy atom. The molecule has 0 saturated heterocycles. The SMILES string of the molecule is I.NC(=NCc1ccc(OC(F)(F)F)cc1)NCCCNc1ccccc1. The van der Waals surface area contributed by atoms with E-state index in [4.69, 9.17) is 5.73 Å². The zero-order chi connectivity index (χ0) is 18.8. The smallest absolute Gasteiger partial charge is 0.406 e. The first-order valence-corrected chi connectivity index (χ1v) is 8.10. The van der Waals surface area contributed by atoms with E-state index in [9.17, 15) is 13.2 Å². The van der Waals surface area contributed by atoms with Gasteiger partial charge in [-0.15, -0.1) is 37.1 Å². The second-order valence-corrected chi connectivity index (χ2v) is 5.47. The average Bonchev–Trinajstić information content (AvgIpc) is 2.60. The lowest BCUT2D eigenvalue weighted by Crippen LogP contribution is -2.33. The summed E-state index contributed by atoms with van der Waals surface area (Å²) in [4.78, 5) is 4.15. The Kier molecular flexibility index (Phi) is 9.76. The van der Waals surface area contributed by atoms with Crippen LogP contribution in [0.5, 0.6) is 5.75 Å². The van der Waals surface area contributed by atoms with Crippen molar-refractivity contribution in [2.75, 3.05) is 18.4 Å². The number of hydrogen-bond donors (Lipinski definition) is 3. The van der Waals surface area contributed by atoms with Crippen LogP contribution >= 0.6 is 24.0 Å². The Balaban J connectivity index is 0.00000364. The maximum absolute atomic E-state index is 12.1. The molecule has 0 amide bonds. The van der Waals surface area contributed by atoms with Crippen LogP contribution in [0.25, 0.3) is 0 Å². The molecule has 0 unspecified atom stereocenters. The lowest BCUT2D eigenvalue weighted by molar-refractivity contribution is -0.274. The summed E-state index contributed by atoms with van der Waals surface area (Å²) < 4.78 is 40.1. The van der Waals surface area contributed by atoms with Gasteiger partial charge in [-0.25, -0.2) is 4.99 Å². The van der Waals surface area contributed by atoms with E-state index >= 15 is 0 Å². The van der Waals surface area contributed by atoms with Gasteiger partial charge in [0.05, 0.1) is 6.54 Å². The monoisotopic (exact) mass is 494 g/mol. The van der Waals surface area contributed by atoms with E-state index in [2.05, 4.69) is 20.4 Å². The van der Waals surface area contributed by atoms with E-state index < -0.39 is 6.36 Å². The fraction of sp³-hybridized carbons (Fsp3) is 0.278. The summed E-state index contributed by atoms with van der Waals surface area (Å²) in [5.41, 5.74) is 7.57. The number of nitrogens with two attached hydrogens (primary N) is 1. The lowest BCUT2D eigenvalue weighted by Gasteiger charge is -2.09. The maximum Gasteiger partial charge on any atom is 0.573 e. The zero-order valence-electron chi connectivity index (χ0n) is 14.5.